The number of ether oxygens (including phenoxy) is 1. The molecule has 4 rings (SSSR count). The second kappa shape index (κ2) is 10.3. The summed E-state index contributed by atoms with van der Waals surface area (Å²) in [7, 11) is 0. The topological polar surface area (TPSA) is 68.3 Å². The van der Waals surface area contributed by atoms with Gasteiger partial charge >= 0.3 is 5.97 Å². The van der Waals surface area contributed by atoms with Gasteiger partial charge in [-0.1, -0.05) is 49.4 Å². The number of anilines is 1. The van der Waals surface area contributed by atoms with Crippen LogP contribution >= 0.6 is 22.7 Å². The number of thiazole rings is 1. The zero-order valence-corrected chi connectivity index (χ0v) is 20.6. The number of benzene rings is 2. The van der Waals surface area contributed by atoms with E-state index < -0.39 is 5.97 Å². The van der Waals surface area contributed by atoms with E-state index in [1.165, 1.54) is 27.7 Å². The molecule has 0 spiro atoms. The number of amides is 1. The van der Waals surface area contributed by atoms with Crippen molar-refractivity contribution >= 4 is 50.3 Å². The van der Waals surface area contributed by atoms with Gasteiger partial charge in [0.05, 0.1) is 29.3 Å². The lowest BCUT2D eigenvalue weighted by Crippen LogP contribution is -2.16. The Morgan fingerprint density at radius 1 is 1.06 bits per heavy atom. The first-order chi connectivity index (χ1) is 16.0. The van der Waals surface area contributed by atoms with Crippen LogP contribution in [0.3, 0.4) is 0 Å². The maximum atomic E-state index is 12.8. The lowest BCUT2D eigenvalue weighted by molar-refractivity contribution is -0.115. The molecule has 0 saturated heterocycles. The van der Waals surface area contributed by atoms with Gasteiger partial charge in [0.1, 0.15) is 5.00 Å². The van der Waals surface area contributed by atoms with Gasteiger partial charge in [0.15, 0.2) is 0 Å². The number of carbonyl (C=O) groups excluding carboxylic acids is 2. The average molecular weight is 479 g/mol. The van der Waals surface area contributed by atoms with Gasteiger partial charge in [-0.05, 0) is 42.7 Å². The van der Waals surface area contributed by atoms with E-state index in [4.69, 9.17) is 9.72 Å². The van der Waals surface area contributed by atoms with Crippen LogP contribution < -0.4 is 5.32 Å². The fraction of sp³-hybridized carbons (Fsp3) is 0.269. The van der Waals surface area contributed by atoms with Crippen molar-refractivity contribution in [3.05, 3.63) is 80.1 Å². The minimum atomic E-state index is -0.407. The highest BCUT2D eigenvalue weighted by molar-refractivity contribution is 7.16. The normalized spacial score (nSPS) is 11.0. The number of hydrogen-bond donors (Lipinski definition) is 1. The van der Waals surface area contributed by atoms with Crippen molar-refractivity contribution in [3.8, 4) is 0 Å². The predicted octanol–water partition coefficient (Wildman–Crippen LogP) is 6.18. The SMILES string of the molecule is CCOC(=O)c1cc(CC)sc1NC(=O)Cc1sc(Cc2cccc3ccccc23)nc1C. The van der Waals surface area contributed by atoms with Gasteiger partial charge in [-0.25, -0.2) is 9.78 Å². The smallest absolute Gasteiger partial charge is 0.341 e. The molecule has 0 bridgehead atoms. The number of nitrogens with zero attached hydrogens (tertiary/aromatic N) is 1. The Balaban J connectivity index is 1.49. The number of thiophene rings is 1. The Kier molecular flexibility index (Phi) is 7.20. The molecule has 0 aliphatic rings. The molecule has 0 atom stereocenters. The van der Waals surface area contributed by atoms with Gasteiger partial charge < -0.3 is 10.1 Å². The molecule has 5 nitrogen and oxygen atoms in total. The second-order valence-electron chi connectivity index (χ2n) is 7.69. The molecule has 0 radical (unpaired) electrons. The Bertz CT molecular complexity index is 1300. The minimum absolute atomic E-state index is 0.159. The number of hydrogen-bond acceptors (Lipinski definition) is 6. The molecule has 7 heteroatoms. The van der Waals surface area contributed by atoms with Gasteiger partial charge in [-0.3, -0.25) is 4.79 Å². The third kappa shape index (κ3) is 5.31. The van der Waals surface area contributed by atoms with E-state index in [9.17, 15) is 9.59 Å². The number of esters is 1. The molecule has 0 aliphatic carbocycles. The Morgan fingerprint density at radius 3 is 2.64 bits per heavy atom. The first-order valence-corrected chi connectivity index (χ1v) is 12.6. The van der Waals surface area contributed by atoms with E-state index in [2.05, 4.69) is 35.6 Å². The van der Waals surface area contributed by atoms with Crippen molar-refractivity contribution in [2.45, 2.75) is 40.0 Å². The largest absolute Gasteiger partial charge is 0.462 e. The Labute approximate surface area is 201 Å². The highest BCUT2D eigenvalue weighted by Crippen LogP contribution is 2.30. The lowest BCUT2D eigenvalue weighted by Gasteiger charge is -2.06. The van der Waals surface area contributed by atoms with Crippen LogP contribution in [-0.4, -0.2) is 23.5 Å². The van der Waals surface area contributed by atoms with Gasteiger partial charge in [-0.15, -0.1) is 22.7 Å². The predicted molar refractivity (Wildman–Crippen MR) is 136 cm³/mol. The molecular weight excluding hydrogens is 452 g/mol. The first kappa shape index (κ1) is 23.1. The quantitative estimate of drug-likeness (QED) is 0.307. The van der Waals surface area contributed by atoms with E-state index in [1.807, 2.05) is 26.0 Å². The zero-order valence-electron chi connectivity index (χ0n) is 18.9. The van der Waals surface area contributed by atoms with Crippen LogP contribution in [0, 0.1) is 6.92 Å². The molecule has 2 aromatic carbocycles. The van der Waals surface area contributed by atoms with Crippen molar-refractivity contribution < 1.29 is 14.3 Å². The monoisotopic (exact) mass is 478 g/mol. The minimum Gasteiger partial charge on any atom is -0.462 e. The van der Waals surface area contributed by atoms with Crippen LogP contribution in [0.15, 0.2) is 48.5 Å². The fourth-order valence-corrected chi connectivity index (χ4v) is 5.82. The average Bonchev–Trinajstić information content (AvgIpc) is 3.37. The molecule has 1 N–H and O–H groups in total. The molecule has 33 heavy (non-hydrogen) atoms. The Morgan fingerprint density at radius 2 is 1.85 bits per heavy atom. The van der Waals surface area contributed by atoms with Crippen molar-refractivity contribution in [1.82, 2.24) is 4.98 Å². The number of rotatable bonds is 8. The van der Waals surface area contributed by atoms with E-state index in [1.54, 1.807) is 24.3 Å². The molecule has 0 unspecified atom stereocenters. The molecular formula is C26H26N2O3S2. The van der Waals surface area contributed by atoms with Gasteiger partial charge in [0.2, 0.25) is 5.91 Å². The summed E-state index contributed by atoms with van der Waals surface area (Å²) in [5, 5.41) is 6.90. The third-order valence-electron chi connectivity index (χ3n) is 5.36. The Hall–Kier alpha value is -3.03. The summed E-state index contributed by atoms with van der Waals surface area (Å²) in [6.45, 7) is 6.02. The van der Waals surface area contributed by atoms with E-state index >= 15 is 0 Å². The van der Waals surface area contributed by atoms with Gasteiger partial charge in [0, 0.05) is 16.2 Å². The summed E-state index contributed by atoms with van der Waals surface area (Å²) in [5.74, 6) is -0.566. The summed E-state index contributed by atoms with van der Waals surface area (Å²) >= 11 is 2.99. The van der Waals surface area contributed by atoms with Crippen LogP contribution in [-0.2, 0) is 28.8 Å². The molecule has 170 valence electrons. The van der Waals surface area contributed by atoms with Crippen LogP contribution in [0.4, 0.5) is 5.00 Å². The van der Waals surface area contributed by atoms with Crippen molar-refractivity contribution in [1.29, 1.82) is 0 Å². The molecule has 4 aromatic rings. The lowest BCUT2D eigenvalue weighted by atomic mass is 10.0. The van der Waals surface area contributed by atoms with Gasteiger partial charge in [0.25, 0.3) is 0 Å². The number of aryl methyl sites for hydroxylation is 2. The van der Waals surface area contributed by atoms with E-state index in [0.717, 1.165) is 33.3 Å². The van der Waals surface area contributed by atoms with Crippen LogP contribution in [0.1, 0.15) is 50.2 Å². The van der Waals surface area contributed by atoms with Crippen molar-refractivity contribution in [2.24, 2.45) is 0 Å². The third-order valence-corrected chi connectivity index (χ3v) is 7.71. The maximum Gasteiger partial charge on any atom is 0.341 e. The zero-order chi connectivity index (χ0) is 23.4. The summed E-state index contributed by atoms with van der Waals surface area (Å²) in [6, 6.07) is 16.4. The van der Waals surface area contributed by atoms with Crippen LogP contribution in [0.2, 0.25) is 0 Å². The summed E-state index contributed by atoms with van der Waals surface area (Å²) in [5.41, 5.74) is 2.52. The summed E-state index contributed by atoms with van der Waals surface area (Å²) < 4.78 is 5.14. The molecule has 2 aromatic heterocycles. The number of carbonyl (C=O) groups is 2. The molecule has 0 aliphatic heterocycles. The summed E-state index contributed by atoms with van der Waals surface area (Å²) in [4.78, 5) is 31.8. The molecule has 2 heterocycles. The van der Waals surface area contributed by atoms with Crippen LogP contribution in [0.5, 0.6) is 0 Å². The van der Waals surface area contributed by atoms with Crippen molar-refractivity contribution in [2.75, 3.05) is 11.9 Å². The first-order valence-electron chi connectivity index (χ1n) is 11.0. The van der Waals surface area contributed by atoms with Gasteiger partial charge in [-0.2, -0.15) is 0 Å². The molecule has 0 fully saturated rings. The number of aromatic nitrogens is 1. The fourth-order valence-electron chi connectivity index (χ4n) is 3.72. The van der Waals surface area contributed by atoms with Crippen molar-refractivity contribution in [3.63, 3.8) is 0 Å². The maximum absolute atomic E-state index is 12.8. The highest BCUT2D eigenvalue weighted by atomic mass is 32.1. The van der Waals surface area contributed by atoms with E-state index in [-0.39, 0.29) is 12.3 Å². The molecule has 0 saturated carbocycles. The van der Waals surface area contributed by atoms with E-state index in [0.29, 0.717) is 17.2 Å². The number of fused-ring (bicyclic) bond motifs is 1. The number of nitrogens with one attached hydrogen (secondary N) is 1. The highest BCUT2D eigenvalue weighted by Gasteiger charge is 2.20. The second-order valence-corrected chi connectivity index (χ2v) is 9.99. The standard InChI is InChI=1S/C26H26N2O3S2/c1-4-19-14-21(26(30)31-5-2)25(32-19)28-23(29)15-22-16(3)27-24(33-22)13-18-11-8-10-17-9-6-7-12-20(17)18/h6-12,14H,4-5,13,15H2,1-3H3,(H,28,29). The summed E-state index contributed by atoms with van der Waals surface area (Å²) in [6.07, 6.45) is 1.74. The molecule has 1 amide bonds. The van der Waals surface area contributed by atoms with Crippen LogP contribution in [0.25, 0.3) is 10.8 Å².